The molecule has 3 rings (SSSR count). The number of ketones is 1. The van der Waals surface area contributed by atoms with Crippen LogP contribution < -0.4 is 0 Å². The van der Waals surface area contributed by atoms with Crippen molar-refractivity contribution in [2.45, 2.75) is 39.2 Å². The highest BCUT2D eigenvalue weighted by Crippen LogP contribution is 2.39. The molecule has 102 valence electrons. The Hall–Kier alpha value is -1.15. The fourth-order valence-electron chi connectivity index (χ4n) is 3.78. The van der Waals surface area contributed by atoms with E-state index in [1.54, 1.807) is 0 Å². The van der Waals surface area contributed by atoms with Crippen molar-refractivity contribution in [1.82, 2.24) is 4.90 Å². The molecule has 1 aromatic carbocycles. The van der Waals surface area contributed by atoms with E-state index in [9.17, 15) is 4.79 Å². The van der Waals surface area contributed by atoms with Crippen molar-refractivity contribution in [1.29, 1.82) is 0 Å². The highest BCUT2D eigenvalue weighted by atomic mass is 16.1. The average Bonchev–Trinajstić information content (AvgIpc) is 3.00. The maximum absolute atomic E-state index is 12.6. The smallest absolute Gasteiger partial charge is 0.169 e. The minimum absolute atomic E-state index is 0.274. The topological polar surface area (TPSA) is 20.3 Å². The summed E-state index contributed by atoms with van der Waals surface area (Å²) >= 11 is 0. The molecule has 2 heteroatoms. The van der Waals surface area contributed by atoms with Gasteiger partial charge in [-0.25, -0.2) is 0 Å². The molecule has 1 aliphatic heterocycles. The summed E-state index contributed by atoms with van der Waals surface area (Å²) in [5.41, 5.74) is 0.558. The molecule has 2 bridgehead atoms. The van der Waals surface area contributed by atoms with Crippen LogP contribution in [-0.2, 0) is 0 Å². The monoisotopic (exact) mass is 257 g/mol. The van der Waals surface area contributed by atoms with Crippen LogP contribution in [0.25, 0.3) is 0 Å². The summed E-state index contributed by atoms with van der Waals surface area (Å²) in [6.45, 7) is 6.29. The van der Waals surface area contributed by atoms with E-state index < -0.39 is 0 Å². The van der Waals surface area contributed by atoms with Crippen LogP contribution in [0.2, 0.25) is 0 Å². The molecule has 2 aliphatic rings. The maximum atomic E-state index is 12.6. The molecule has 0 amide bonds. The summed E-state index contributed by atoms with van der Waals surface area (Å²) in [6.07, 6.45) is 4.09. The molecule has 2 fully saturated rings. The standard InChI is InChI=1S/C17H23NO/c1-17(2,16(19)14-6-4-3-5-7-14)12-18-11-13-8-9-15(18)10-13/h3-7,13,15H,8-12H2,1-2H3. The summed E-state index contributed by atoms with van der Waals surface area (Å²) in [6, 6.07) is 10.5. The molecule has 0 aromatic heterocycles. The van der Waals surface area contributed by atoms with Gasteiger partial charge in [-0.1, -0.05) is 44.2 Å². The number of rotatable bonds is 4. The van der Waals surface area contributed by atoms with Gasteiger partial charge in [-0.05, 0) is 25.2 Å². The molecule has 1 aliphatic carbocycles. The molecule has 0 spiro atoms. The Morgan fingerprint density at radius 3 is 2.58 bits per heavy atom. The molecule has 19 heavy (non-hydrogen) atoms. The minimum Gasteiger partial charge on any atom is -0.299 e. The van der Waals surface area contributed by atoms with Crippen LogP contribution in [0.4, 0.5) is 0 Å². The number of fused-ring (bicyclic) bond motifs is 2. The van der Waals surface area contributed by atoms with Crippen LogP contribution in [0, 0.1) is 11.3 Å². The van der Waals surface area contributed by atoms with Crippen molar-refractivity contribution in [2.24, 2.45) is 11.3 Å². The first-order chi connectivity index (χ1) is 9.06. The van der Waals surface area contributed by atoms with Gasteiger partial charge < -0.3 is 0 Å². The molecular formula is C17H23NO. The third-order valence-electron chi connectivity index (χ3n) is 4.77. The number of likely N-dealkylation sites (tertiary alicyclic amines) is 1. The predicted octanol–water partition coefficient (Wildman–Crippen LogP) is 3.38. The van der Waals surface area contributed by atoms with Gasteiger partial charge in [0, 0.05) is 30.1 Å². The minimum atomic E-state index is -0.286. The fraction of sp³-hybridized carbons (Fsp3) is 0.588. The lowest BCUT2D eigenvalue weighted by Gasteiger charge is -2.34. The number of carbonyl (C=O) groups is 1. The molecular weight excluding hydrogens is 234 g/mol. The third-order valence-corrected chi connectivity index (χ3v) is 4.77. The van der Waals surface area contributed by atoms with Gasteiger partial charge in [0.25, 0.3) is 0 Å². The lowest BCUT2D eigenvalue weighted by Crippen LogP contribution is -2.42. The highest BCUT2D eigenvalue weighted by Gasteiger charge is 2.41. The molecule has 1 heterocycles. The molecule has 1 saturated carbocycles. The first kappa shape index (κ1) is 12.9. The lowest BCUT2D eigenvalue weighted by atomic mass is 9.83. The van der Waals surface area contributed by atoms with Crippen LogP contribution >= 0.6 is 0 Å². The molecule has 2 atom stereocenters. The van der Waals surface area contributed by atoms with Gasteiger partial charge in [-0.15, -0.1) is 0 Å². The summed E-state index contributed by atoms with van der Waals surface area (Å²) in [5.74, 6) is 1.17. The van der Waals surface area contributed by atoms with Crippen molar-refractivity contribution >= 4 is 5.78 Å². The number of hydrogen-bond donors (Lipinski definition) is 0. The zero-order chi connectivity index (χ0) is 13.5. The second kappa shape index (κ2) is 4.75. The Balaban J connectivity index is 1.70. The largest absolute Gasteiger partial charge is 0.299 e. The van der Waals surface area contributed by atoms with Crippen molar-refractivity contribution in [3.05, 3.63) is 35.9 Å². The highest BCUT2D eigenvalue weighted by molar-refractivity contribution is 6.00. The number of Topliss-reactive ketones (excluding diaryl/α,β-unsaturated/α-hetero) is 1. The maximum Gasteiger partial charge on any atom is 0.169 e. The van der Waals surface area contributed by atoms with E-state index >= 15 is 0 Å². The second-order valence-corrected chi connectivity index (χ2v) is 6.84. The lowest BCUT2D eigenvalue weighted by molar-refractivity contribution is 0.0730. The van der Waals surface area contributed by atoms with Crippen LogP contribution in [0.5, 0.6) is 0 Å². The van der Waals surface area contributed by atoms with E-state index in [0.29, 0.717) is 0 Å². The number of carbonyl (C=O) groups excluding carboxylic acids is 1. The van der Waals surface area contributed by atoms with Crippen molar-refractivity contribution in [3.8, 4) is 0 Å². The molecule has 2 unspecified atom stereocenters. The predicted molar refractivity (Wildman–Crippen MR) is 77.3 cm³/mol. The molecule has 2 nitrogen and oxygen atoms in total. The Bertz CT molecular complexity index is 465. The van der Waals surface area contributed by atoms with Crippen LogP contribution in [-0.4, -0.2) is 29.8 Å². The first-order valence-electron chi connectivity index (χ1n) is 7.40. The Morgan fingerprint density at radius 1 is 1.26 bits per heavy atom. The Morgan fingerprint density at radius 2 is 2.00 bits per heavy atom. The molecule has 1 saturated heterocycles. The van der Waals surface area contributed by atoms with E-state index in [4.69, 9.17) is 0 Å². The zero-order valence-corrected chi connectivity index (χ0v) is 11.9. The number of hydrogen-bond acceptors (Lipinski definition) is 2. The molecule has 0 radical (unpaired) electrons. The van der Waals surface area contributed by atoms with Gasteiger partial charge >= 0.3 is 0 Å². The second-order valence-electron chi connectivity index (χ2n) is 6.84. The van der Waals surface area contributed by atoms with E-state index in [1.807, 2.05) is 30.3 Å². The zero-order valence-electron chi connectivity index (χ0n) is 11.9. The number of nitrogens with zero attached hydrogens (tertiary/aromatic N) is 1. The van der Waals surface area contributed by atoms with Gasteiger partial charge in [0.1, 0.15) is 0 Å². The van der Waals surface area contributed by atoms with E-state index in [0.717, 1.165) is 24.1 Å². The number of piperidine rings is 1. The normalized spacial score (nSPS) is 26.8. The van der Waals surface area contributed by atoms with Crippen molar-refractivity contribution in [2.75, 3.05) is 13.1 Å². The summed E-state index contributed by atoms with van der Waals surface area (Å²) in [5, 5.41) is 0. The fourth-order valence-corrected chi connectivity index (χ4v) is 3.78. The van der Waals surface area contributed by atoms with E-state index in [2.05, 4.69) is 18.7 Å². The Kier molecular flexibility index (Phi) is 3.22. The average molecular weight is 257 g/mol. The summed E-state index contributed by atoms with van der Waals surface area (Å²) in [7, 11) is 0. The van der Waals surface area contributed by atoms with E-state index in [-0.39, 0.29) is 11.2 Å². The number of benzene rings is 1. The summed E-state index contributed by atoms with van der Waals surface area (Å²) in [4.78, 5) is 15.2. The van der Waals surface area contributed by atoms with Gasteiger partial charge in [-0.2, -0.15) is 0 Å². The van der Waals surface area contributed by atoms with Crippen molar-refractivity contribution < 1.29 is 4.79 Å². The first-order valence-corrected chi connectivity index (χ1v) is 7.40. The van der Waals surface area contributed by atoms with Gasteiger partial charge in [0.2, 0.25) is 0 Å². The summed E-state index contributed by atoms with van der Waals surface area (Å²) < 4.78 is 0. The van der Waals surface area contributed by atoms with Gasteiger partial charge in [0.05, 0.1) is 0 Å². The third kappa shape index (κ3) is 2.46. The Labute approximate surface area is 115 Å². The quantitative estimate of drug-likeness (QED) is 0.771. The van der Waals surface area contributed by atoms with Gasteiger partial charge in [0.15, 0.2) is 5.78 Å². The van der Waals surface area contributed by atoms with Crippen LogP contribution in [0.15, 0.2) is 30.3 Å². The SMILES string of the molecule is CC(C)(CN1CC2CCC1C2)C(=O)c1ccccc1. The van der Waals surface area contributed by atoms with Crippen LogP contribution in [0.3, 0.4) is 0 Å². The van der Waals surface area contributed by atoms with E-state index in [1.165, 1.54) is 25.8 Å². The van der Waals surface area contributed by atoms with Crippen LogP contribution in [0.1, 0.15) is 43.5 Å². The van der Waals surface area contributed by atoms with Crippen molar-refractivity contribution in [3.63, 3.8) is 0 Å². The molecule has 0 N–H and O–H groups in total. The molecule has 1 aromatic rings. The van der Waals surface area contributed by atoms with Gasteiger partial charge in [-0.3, -0.25) is 9.69 Å².